The fourth-order valence-electron chi connectivity index (χ4n) is 5.03. The third kappa shape index (κ3) is 3.12. The standard InChI is InChI=1S/C14H19F2IO4S/c1-19-13-5-9-2-10(6-13)4-12(3-9,7-13)11(18)20-8-14(15,16)22-21-17/h9-10H,2-8H2,1H3. The third-order valence-corrected chi connectivity index (χ3v) is 6.36. The molecule has 0 heterocycles. The smallest absolute Gasteiger partial charge is 0.352 e. The van der Waals surface area contributed by atoms with Crippen LogP contribution < -0.4 is 0 Å². The third-order valence-electron chi connectivity index (χ3n) is 5.40. The van der Waals surface area contributed by atoms with Crippen LogP contribution in [0.3, 0.4) is 0 Å². The number of rotatable bonds is 6. The van der Waals surface area contributed by atoms with Crippen LogP contribution >= 0.6 is 35.0 Å². The molecule has 0 aromatic rings. The maximum absolute atomic E-state index is 13.4. The molecule has 0 spiro atoms. The van der Waals surface area contributed by atoms with Crippen molar-refractivity contribution in [3.8, 4) is 0 Å². The number of halogens is 3. The highest BCUT2D eigenvalue weighted by Crippen LogP contribution is 2.63. The summed E-state index contributed by atoms with van der Waals surface area (Å²) < 4.78 is 41.9. The van der Waals surface area contributed by atoms with Gasteiger partial charge in [0.25, 0.3) is 0 Å². The van der Waals surface area contributed by atoms with E-state index in [2.05, 4.69) is 2.51 Å². The number of ether oxygens (including phenoxy) is 2. The average molecular weight is 448 g/mol. The molecule has 4 saturated carbocycles. The number of esters is 1. The van der Waals surface area contributed by atoms with Crippen molar-refractivity contribution in [2.45, 2.75) is 49.4 Å². The molecular formula is C14H19F2IO4S. The van der Waals surface area contributed by atoms with Crippen molar-refractivity contribution in [2.24, 2.45) is 17.3 Å². The van der Waals surface area contributed by atoms with Crippen molar-refractivity contribution in [2.75, 3.05) is 13.7 Å². The zero-order valence-electron chi connectivity index (χ0n) is 12.3. The van der Waals surface area contributed by atoms with Crippen LogP contribution in [-0.2, 0) is 16.8 Å². The minimum Gasteiger partial charge on any atom is -0.458 e. The minimum absolute atomic E-state index is 0.00775. The van der Waals surface area contributed by atoms with Crippen molar-refractivity contribution in [3.63, 3.8) is 0 Å². The monoisotopic (exact) mass is 448 g/mol. The van der Waals surface area contributed by atoms with Gasteiger partial charge in [-0.1, -0.05) is 0 Å². The Balaban J connectivity index is 1.70. The van der Waals surface area contributed by atoms with Crippen molar-refractivity contribution < 1.29 is 25.6 Å². The van der Waals surface area contributed by atoms with Gasteiger partial charge in [-0.25, -0.2) is 2.51 Å². The molecule has 4 rings (SSSR count). The van der Waals surface area contributed by atoms with Gasteiger partial charge in [0.1, 0.15) is 23.0 Å². The second kappa shape index (κ2) is 6.00. The molecule has 22 heavy (non-hydrogen) atoms. The van der Waals surface area contributed by atoms with E-state index in [9.17, 15) is 13.6 Å². The van der Waals surface area contributed by atoms with E-state index in [-0.39, 0.29) is 17.6 Å². The molecule has 4 bridgehead atoms. The van der Waals surface area contributed by atoms with Crippen molar-refractivity contribution in [1.82, 2.24) is 0 Å². The molecular weight excluding hydrogens is 429 g/mol. The molecule has 0 aliphatic heterocycles. The van der Waals surface area contributed by atoms with Crippen molar-refractivity contribution >= 4 is 41.0 Å². The van der Waals surface area contributed by atoms with Gasteiger partial charge in [-0.05, 0) is 50.4 Å². The lowest BCUT2D eigenvalue weighted by Gasteiger charge is -2.60. The van der Waals surface area contributed by atoms with E-state index in [1.54, 1.807) is 7.11 Å². The van der Waals surface area contributed by atoms with Crippen LogP contribution in [0.5, 0.6) is 0 Å². The van der Waals surface area contributed by atoms with Crippen LogP contribution in [0, 0.1) is 17.3 Å². The Bertz CT molecular complexity index is 448. The Labute approximate surface area is 146 Å². The molecule has 2 atom stereocenters. The van der Waals surface area contributed by atoms with Gasteiger partial charge < -0.3 is 9.47 Å². The topological polar surface area (TPSA) is 44.8 Å². The summed E-state index contributed by atoms with van der Waals surface area (Å²) in [5.41, 5.74) is -0.891. The second-order valence-corrected chi connectivity index (χ2v) is 8.96. The van der Waals surface area contributed by atoms with Crippen LogP contribution in [0.4, 0.5) is 8.78 Å². The predicted octanol–water partition coefficient (Wildman–Crippen LogP) is 4.12. The molecule has 0 amide bonds. The van der Waals surface area contributed by atoms with Crippen LogP contribution in [0.2, 0.25) is 0 Å². The first-order chi connectivity index (χ1) is 10.3. The number of carbonyl (C=O) groups excluding carboxylic acids is 1. The molecule has 2 unspecified atom stereocenters. The lowest BCUT2D eigenvalue weighted by atomic mass is 9.48. The Morgan fingerprint density at radius 1 is 1.32 bits per heavy atom. The summed E-state index contributed by atoms with van der Waals surface area (Å²) in [6.07, 6.45) is 5.16. The maximum Gasteiger partial charge on any atom is 0.352 e. The van der Waals surface area contributed by atoms with Crippen molar-refractivity contribution in [3.05, 3.63) is 0 Å². The summed E-state index contributed by atoms with van der Waals surface area (Å²) in [7, 11) is 1.69. The molecule has 0 N–H and O–H groups in total. The minimum atomic E-state index is -3.22. The van der Waals surface area contributed by atoms with Crippen LogP contribution in [0.15, 0.2) is 0 Å². The average Bonchev–Trinajstić information content (AvgIpc) is 2.43. The van der Waals surface area contributed by atoms with Gasteiger partial charge >= 0.3 is 11.2 Å². The zero-order chi connectivity index (χ0) is 16.0. The van der Waals surface area contributed by atoms with E-state index in [0.717, 1.165) is 32.1 Å². The number of alkyl halides is 2. The molecule has 0 aromatic heterocycles. The van der Waals surface area contributed by atoms with Gasteiger partial charge in [-0.15, -0.1) is 0 Å². The summed E-state index contributed by atoms with van der Waals surface area (Å²) in [6.45, 7) is -0.948. The van der Waals surface area contributed by atoms with E-state index in [4.69, 9.17) is 9.47 Å². The Kier molecular flexibility index (Phi) is 4.68. The first kappa shape index (κ1) is 17.2. The molecule has 4 aliphatic rings. The van der Waals surface area contributed by atoms with Gasteiger partial charge in [-0.2, -0.15) is 8.78 Å². The van der Waals surface area contributed by atoms with E-state index >= 15 is 0 Å². The second-order valence-electron chi connectivity index (χ2n) is 6.99. The number of methoxy groups -OCH3 is 1. The molecule has 0 aromatic carbocycles. The lowest BCUT2D eigenvalue weighted by molar-refractivity contribution is -0.205. The fraction of sp³-hybridized carbons (Fsp3) is 0.929. The van der Waals surface area contributed by atoms with Crippen LogP contribution in [0.25, 0.3) is 0 Å². The summed E-state index contributed by atoms with van der Waals surface area (Å²) >= 11 is 1.38. The van der Waals surface area contributed by atoms with Gasteiger partial charge in [0, 0.05) is 7.11 Å². The summed E-state index contributed by atoms with van der Waals surface area (Å²) in [6, 6.07) is 0. The number of hydrogen-bond acceptors (Lipinski definition) is 5. The molecule has 4 aliphatic carbocycles. The number of hydrogen-bond donors (Lipinski definition) is 0. The quantitative estimate of drug-likeness (QED) is 0.348. The molecule has 126 valence electrons. The van der Waals surface area contributed by atoms with Gasteiger partial charge in [0.15, 0.2) is 6.61 Å². The van der Waals surface area contributed by atoms with Gasteiger partial charge in [0.05, 0.1) is 23.1 Å². The summed E-state index contributed by atoms with van der Waals surface area (Å²) in [5.74, 6) is 0.402. The van der Waals surface area contributed by atoms with Gasteiger partial charge in [-0.3, -0.25) is 4.79 Å². The normalized spacial score (nSPS) is 40.0. The highest BCUT2D eigenvalue weighted by Gasteiger charge is 2.61. The summed E-state index contributed by atoms with van der Waals surface area (Å²) in [4.78, 5) is 12.5. The molecule has 4 nitrogen and oxygen atoms in total. The number of carbonyl (C=O) groups is 1. The predicted molar refractivity (Wildman–Crippen MR) is 85.5 cm³/mol. The lowest BCUT2D eigenvalue weighted by Crippen LogP contribution is -2.59. The van der Waals surface area contributed by atoms with E-state index < -0.39 is 23.2 Å². The highest BCUT2D eigenvalue weighted by atomic mass is 127. The summed E-state index contributed by atoms with van der Waals surface area (Å²) in [5, 5.41) is -3.22. The highest BCUT2D eigenvalue weighted by molar-refractivity contribution is 14.1. The Morgan fingerprint density at radius 3 is 2.50 bits per heavy atom. The SMILES string of the molecule is COC12CC3CC(C1)CC(C(=O)OCC(F)(F)SOI)(C3)C2. The van der Waals surface area contributed by atoms with E-state index in [1.165, 1.54) is 23.0 Å². The Hall–Kier alpha value is 0.330. The molecule has 8 heteroatoms. The molecule has 4 fully saturated rings. The van der Waals surface area contributed by atoms with Gasteiger partial charge in [0.2, 0.25) is 0 Å². The van der Waals surface area contributed by atoms with E-state index in [1.807, 2.05) is 0 Å². The van der Waals surface area contributed by atoms with Crippen LogP contribution in [0.1, 0.15) is 38.5 Å². The Morgan fingerprint density at radius 2 is 1.95 bits per heavy atom. The van der Waals surface area contributed by atoms with Crippen LogP contribution in [-0.4, -0.2) is 30.5 Å². The zero-order valence-corrected chi connectivity index (χ0v) is 15.3. The molecule has 0 saturated heterocycles. The largest absolute Gasteiger partial charge is 0.458 e. The maximum atomic E-state index is 13.4. The molecule has 0 radical (unpaired) electrons. The fourth-order valence-corrected chi connectivity index (χ4v) is 6.02. The first-order valence-electron chi connectivity index (χ1n) is 7.39. The first-order valence-corrected chi connectivity index (χ1v) is 9.01. The van der Waals surface area contributed by atoms with E-state index in [0.29, 0.717) is 18.3 Å². The van der Waals surface area contributed by atoms with Crippen molar-refractivity contribution in [1.29, 1.82) is 0 Å².